The van der Waals surface area contributed by atoms with Crippen molar-refractivity contribution in [1.29, 1.82) is 10.5 Å². The lowest BCUT2D eigenvalue weighted by Crippen LogP contribution is -1.89. The van der Waals surface area contributed by atoms with Crippen LogP contribution in [0, 0.1) is 22.8 Å². The predicted octanol–water partition coefficient (Wildman–Crippen LogP) is 0.773. The number of nitriles is 2. The van der Waals surface area contributed by atoms with Crippen molar-refractivity contribution in [2.24, 2.45) is 0 Å². The van der Waals surface area contributed by atoms with Gasteiger partial charge in [-0.2, -0.15) is 10.5 Å². The molecular weight excluding hydrogens is 114 g/mol. The Morgan fingerprint density at radius 3 is 2.11 bits per heavy atom. The molecule has 0 aliphatic carbocycles. The highest BCUT2D eigenvalue weighted by molar-refractivity contribution is 4.82. The fourth-order valence-corrected chi connectivity index (χ4v) is 0.0645. The maximum atomic E-state index is 7.74. The maximum Gasteiger partial charge on any atom is 0.176 e. The minimum Gasteiger partial charge on any atom is -0.327 e. The van der Waals surface area contributed by atoms with Crippen LogP contribution < -0.4 is 5.32 Å². The molecule has 0 spiro atoms. The van der Waals surface area contributed by atoms with E-state index in [0.29, 0.717) is 6.42 Å². The lowest BCUT2D eigenvalue weighted by Gasteiger charge is -1.60. The number of nitrogens with one attached hydrogen (secondary N) is 1. The van der Waals surface area contributed by atoms with Crippen LogP contribution in [0.4, 0.5) is 0 Å². The third-order valence-electron chi connectivity index (χ3n) is 0.347. The molecule has 0 aromatic heterocycles. The second-order valence-electron chi connectivity index (χ2n) is 1.01. The summed E-state index contributed by atoms with van der Waals surface area (Å²) < 4.78 is 0. The average molecular weight is 123 g/mol. The maximum absolute atomic E-state index is 7.74. The SMILES string of the molecule is C=CCC#N.CNC#N. The van der Waals surface area contributed by atoms with Crippen molar-refractivity contribution < 1.29 is 0 Å². The fraction of sp³-hybridized carbons (Fsp3) is 0.333. The zero-order valence-electron chi connectivity index (χ0n) is 5.39. The quantitative estimate of drug-likeness (QED) is 0.318. The molecule has 3 nitrogen and oxygen atoms in total. The van der Waals surface area contributed by atoms with Gasteiger partial charge in [-0.3, -0.25) is 0 Å². The highest BCUT2D eigenvalue weighted by atomic mass is 14.8. The fourth-order valence-electron chi connectivity index (χ4n) is 0.0645. The molecule has 0 bridgehead atoms. The van der Waals surface area contributed by atoms with Crippen LogP contribution in [0.2, 0.25) is 0 Å². The third-order valence-corrected chi connectivity index (χ3v) is 0.347. The summed E-state index contributed by atoms with van der Waals surface area (Å²) in [7, 11) is 1.57. The first kappa shape index (κ1) is 10.5. The Bertz CT molecular complexity index is 126. The average Bonchev–Trinajstić information content (AvgIpc) is 1.91. The van der Waals surface area contributed by atoms with Gasteiger partial charge >= 0.3 is 0 Å². The molecule has 0 unspecified atom stereocenters. The first-order chi connectivity index (χ1) is 4.33. The summed E-state index contributed by atoms with van der Waals surface area (Å²) in [5, 5.41) is 17.5. The van der Waals surface area contributed by atoms with Gasteiger partial charge in [0.1, 0.15) is 0 Å². The Kier molecular flexibility index (Phi) is 18.7. The molecule has 0 saturated heterocycles. The van der Waals surface area contributed by atoms with E-state index in [1.165, 1.54) is 0 Å². The lowest BCUT2D eigenvalue weighted by atomic mass is 10.5. The Labute approximate surface area is 55.2 Å². The summed E-state index contributed by atoms with van der Waals surface area (Å²) >= 11 is 0. The Morgan fingerprint density at radius 2 is 2.11 bits per heavy atom. The Balaban J connectivity index is 0. The molecule has 1 N–H and O–H groups in total. The molecule has 0 radical (unpaired) electrons. The molecule has 48 valence electrons. The van der Waals surface area contributed by atoms with Gasteiger partial charge in [0.2, 0.25) is 0 Å². The molecule has 0 rings (SSSR count). The molecule has 0 amide bonds. The standard InChI is InChI=1S/C4H5N.C2H4N2/c1-2-3-4-5;1-4-2-3/h2H,1,3H2;4H,1H3. The Hall–Kier alpha value is -1.48. The third kappa shape index (κ3) is 57.7. The summed E-state index contributed by atoms with van der Waals surface area (Å²) in [6.45, 7) is 3.33. The van der Waals surface area contributed by atoms with Crippen LogP contribution in [0.15, 0.2) is 12.7 Å². The van der Waals surface area contributed by atoms with Gasteiger partial charge in [0.25, 0.3) is 0 Å². The first-order valence-corrected chi connectivity index (χ1v) is 2.37. The van der Waals surface area contributed by atoms with Gasteiger partial charge in [0.15, 0.2) is 6.19 Å². The van der Waals surface area contributed by atoms with Crippen molar-refractivity contribution in [2.45, 2.75) is 6.42 Å². The largest absolute Gasteiger partial charge is 0.327 e. The van der Waals surface area contributed by atoms with E-state index in [9.17, 15) is 0 Å². The highest BCUT2D eigenvalue weighted by Gasteiger charge is 1.56. The smallest absolute Gasteiger partial charge is 0.176 e. The van der Waals surface area contributed by atoms with E-state index in [-0.39, 0.29) is 0 Å². The van der Waals surface area contributed by atoms with Gasteiger partial charge in [-0.25, -0.2) is 0 Å². The van der Waals surface area contributed by atoms with Crippen LogP contribution in [-0.4, -0.2) is 7.05 Å². The van der Waals surface area contributed by atoms with Crippen LogP contribution in [0.1, 0.15) is 6.42 Å². The highest BCUT2D eigenvalue weighted by Crippen LogP contribution is 1.67. The summed E-state index contributed by atoms with van der Waals surface area (Å²) in [4.78, 5) is 0. The van der Waals surface area contributed by atoms with Crippen LogP contribution in [0.3, 0.4) is 0 Å². The topological polar surface area (TPSA) is 59.6 Å². The molecule has 3 heteroatoms. The van der Waals surface area contributed by atoms with Crippen molar-refractivity contribution in [3.63, 3.8) is 0 Å². The van der Waals surface area contributed by atoms with Crippen LogP contribution in [-0.2, 0) is 0 Å². The number of allylic oxidation sites excluding steroid dienone is 1. The molecule has 0 saturated carbocycles. The van der Waals surface area contributed by atoms with Crippen LogP contribution in [0.25, 0.3) is 0 Å². The minimum absolute atomic E-state index is 0.458. The normalized spacial score (nSPS) is 4.78. The molecule has 0 aliphatic heterocycles. The Morgan fingerprint density at radius 1 is 1.67 bits per heavy atom. The molecular formula is C6H9N3. The molecule has 0 aromatic carbocycles. The van der Waals surface area contributed by atoms with Crippen molar-refractivity contribution in [2.75, 3.05) is 7.05 Å². The van der Waals surface area contributed by atoms with Crippen molar-refractivity contribution in [1.82, 2.24) is 5.32 Å². The monoisotopic (exact) mass is 123 g/mol. The van der Waals surface area contributed by atoms with Crippen molar-refractivity contribution in [3.05, 3.63) is 12.7 Å². The number of rotatable bonds is 1. The lowest BCUT2D eigenvalue weighted by molar-refractivity contribution is 1.11. The van der Waals surface area contributed by atoms with Gasteiger partial charge in [0, 0.05) is 7.05 Å². The zero-order valence-corrected chi connectivity index (χ0v) is 5.39. The number of hydrogen-bond acceptors (Lipinski definition) is 3. The van der Waals surface area contributed by atoms with Gasteiger partial charge in [-0.1, -0.05) is 6.08 Å². The zero-order chi connectivity index (χ0) is 7.54. The molecule has 9 heavy (non-hydrogen) atoms. The van der Waals surface area contributed by atoms with E-state index in [2.05, 4.69) is 11.9 Å². The van der Waals surface area contributed by atoms with E-state index >= 15 is 0 Å². The van der Waals surface area contributed by atoms with E-state index in [1.807, 2.05) is 6.07 Å². The van der Waals surface area contributed by atoms with Gasteiger partial charge in [-0.15, -0.1) is 6.58 Å². The summed E-state index contributed by atoms with van der Waals surface area (Å²) in [5.74, 6) is 0. The second-order valence-corrected chi connectivity index (χ2v) is 1.01. The van der Waals surface area contributed by atoms with Gasteiger partial charge in [0.05, 0.1) is 12.5 Å². The molecule has 0 aliphatic rings. The summed E-state index contributed by atoms with van der Waals surface area (Å²) in [5.41, 5.74) is 0. The van der Waals surface area contributed by atoms with Crippen molar-refractivity contribution in [3.8, 4) is 12.3 Å². The molecule has 0 atom stereocenters. The number of hydrogen-bond donors (Lipinski definition) is 1. The van der Waals surface area contributed by atoms with E-state index in [1.54, 1.807) is 19.3 Å². The molecule has 0 heterocycles. The first-order valence-electron chi connectivity index (χ1n) is 2.37. The predicted molar refractivity (Wildman–Crippen MR) is 35.1 cm³/mol. The van der Waals surface area contributed by atoms with E-state index in [4.69, 9.17) is 10.5 Å². The minimum atomic E-state index is 0.458. The summed E-state index contributed by atoms with van der Waals surface area (Å²) in [6, 6.07) is 1.90. The molecule has 0 fully saturated rings. The van der Waals surface area contributed by atoms with E-state index in [0.717, 1.165) is 0 Å². The summed E-state index contributed by atoms with van der Waals surface area (Å²) in [6.07, 6.45) is 3.71. The van der Waals surface area contributed by atoms with Crippen LogP contribution >= 0.6 is 0 Å². The van der Waals surface area contributed by atoms with E-state index < -0.39 is 0 Å². The van der Waals surface area contributed by atoms with Crippen LogP contribution in [0.5, 0.6) is 0 Å². The van der Waals surface area contributed by atoms with Crippen molar-refractivity contribution >= 4 is 0 Å². The van der Waals surface area contributed by atoms with Gasteiger partial charge in [-0.05, 0) is 0 Å². The second kappa shape index (κ2) is 16.0. The van der Waals surface area contributed by atoms with Gasteiger partial charge < -0.3 is 5.32 Å². The molecule has 0 aromatic rings. The number of nitrogens with zero attached hydrogens (tertiary/aromatic N) is 2.